The predicted octanol–water partition coefficient (Wildman–Crippen LogP) is 2.41. The van der Waals surface area contributed by atoms with Gasteiger partial charge >= 0.3 is 0 Å². The Morgan fingerprint density at radius 2 is 2.21 bits per heavy atom. The average molecular weight is 264 g/mol. The van der Waals surface area contributed by atoms with E-state index in [2.05, 4.69) is 36.2 Å². The van der Waals surface area contributed by atoms with E-state index in [4.69, 9.17) is 0 Å². The van der Waals surface area contributed by atoms with Gasteiger partial charge in [-0.2, -0.15) is 5.10 Å². The molecule has 1 N–H and O–H groups in total. The summed E-state index contributed by atoms with van der Waals surface area (Å²) >= 11 is 0. The lowest BCUT2D eigenvalue weighted by molar-refractivity contribution is 0.166. The minimum Gasteiger partial charge on any atom is -0.314 e. The van der Waals surface area contributed by atoms with E-state index in [1.807, 2.05) is 11.7 Å². The Morgan fingerprint density at radius 3 is 2.79 bits per heavy atom. The van der Waals surface area contributed by atoms with Crippen molar-refractivity contribution in [2.24, 2.45) is 24.8 Å². The largest absolute Gasteiger partial charge is 0.314 e. The number of nitrogens with zero attached hydrogens (tertiary/aromatic N) is 3. The second-order valence-electron chi connectivity index (χ2n) is 6.25. The third-order valence-electron chi connectivity index (χ3n) is 4.68. The molecule has 3 unspecified atom stereocenters. The number of aromatic nitrogens is 3. The van der Waals surface area contributed by atoms with Crippen molar-refractivity contribution in [2.75, 3.05) is 6.54 Å². The Hall–Kier alpha value is -0.900. The third kappa shape index (κ3) is 3.56. The first kappa shape index (κ1) is 14.5. The minimum absolute atomic E-state index is 0.650. The van der Waals surface area contributed by atoms with Gasteiger partial charge in [-0.1, -0.05) is 20.8 Å². The molecule has 0 aliphatic heterocycles. The Morgan fingerprint density at radius 1 is 1.42 bits per heavy atom. The molecule has 4 heteroatoms. The molecule has 2 rings (SSSR count). The average Bonchev–Trinajstić information content (AvgIpc) is 2.77. The zero-order valence-electron chi connectivity index (χ0n) is 12.8. The van der Waals surface area contributed by atoms with Crippen LogP contribution in [0.2, 0.25) is 0 Å². The highest BCUT2D eigenvalue weighted by Gasteiger charge is 2.32. The Balaban J connectivity index is 2.05. The van der Waals surface area contributed by atoms with E-state index in [-0.39, 0.29) is 0 Å². The van der Waals surface area contributed by atoms with Gasteiger partial charge in [0.25, 0.3) is 0 Å². The number of hydrogen-bond acceptors (Lipinski definition) is 3. The second-order valence-corrected chi connectivity index (χ2v) is 6.25. The van der Waals surface area contributed by atoms with E-state index in [1.165, 1.54) is 19.3 Å². The summed E-state index contributed by atoms with van der Waals surface area (Å²) in [7, 11) is 1.99. The van der Waals surface area contributed by atoms with E-state index < -0.39 is 0 Å². The fourth-order valence-electron chi connectivity index (χ4n) is 3.40. The fraction of sp³-hybridized carbons (Fsp3) is 0.867. The molecule has 1 saturated carbocycles. The molecule has 1 aromatic rings. The maximum atomic E-state index is 4.40. The molecular weight excluding hydrogens is 236 g/mol. The Kier molecular flexibility index (Phi) is 4.97. The normalized spacial score (nSPS) is 27.9. The van der Waals surface area contributed by atoms with Gasteiger partial charge in [-0.05, 0) is 43.6 Å². The molecule has 1 fully saturated rings. The van der Waals surface area contributed by atoms with Crippen LogP contribution in [-0.2, 0) is 13.5 Å². The first-order valence-electron chi connectivity index (χ1n) is 7.68. The standard InChI is InChI=1S/C15H28N4/c1-5-16-14-7-6-12(11(2)3)8-13(14)9-15-17-10-18-19(15)4/h10-14,16H,5-9H2,1-4H3. The molecule has 1 heterocycles. The van der Waals surface area contributed by atoms with Gasteiger partial charge in [0.2, 0.25) is 0 Å². The highest BCUT2D eigenvalue weighted by Crippen LogP contribution is 2.35. The zero-order valence-corrected chi connectivity index (χ0v) is 12.8. The van der Waals surface area contributed by atoms with Crippen LogP contribution in [0.1, 0.15) is 45.9 Å². The lowest BCUT2D eigenvalue weighted by atomic mass is 9.72. The zero-order chi connectivity index (χ0) is 13.8. The van der Waals surface area contributed by atoms with E-state index >= 15 is 0 Å². The van der Waals surface area contributed by atoms with Crippen LogP contribution in [0.3, 0.4) is 0 Å². The first-order valence-corrected chi connectivity index (χ1v) is 7.68. The Labute approximate surface area is 117 Å². The summed E-state index contributed by atoms with van der Waals surface area (Å²) in [4.78, 5) is 4.40. The van der Waals surface area contributed by atoms with Gasteiger partial charge in [0, 0.05) is 19.5 Å². The topological polar surface area (TPSA) is 42.7 Å². The lowest BCUT2D eigenvalue weighted by Crippen LogP contribution is -2.42. The van der Waals surface area contributed by atoms with Crippen molar-refractivity contribution in [3.8, 4) is 0 Å². The van der Waals surface area contributed by atoms with Crippen molar-refractivity contribution in [1.82, 2.24) is 20.1 Å². The van der Waals surface area contributed by atoms with Gasteiger partial charge in [-0.25, -0.2) is 4.98 Å². The van der Waals surface area contributed by atoms with Crippen molar-refractivity contribution in [1.29, 1.82) is 0 Å². The summed E-state index contributed by atoms with van der Waals surface area (Å²) in [6.07, 6.45) is 6.71. The van der Waals surface area contributed by atoms with Crippen molar-refractivity contribution in [2.45, 2.75) is 52.5 Å². The van der Waals surface area contributed by atoms with Crippen LogP contribution in [0, 0.1) is 17.8 Å². The summed E-state index contributed by atoms with van der Waals surface area (Å²) in [5.41, 5.74) is 0. The lowest BCUT2D eigenvalue weighted by Gasteiger charge is -2.38. The van der Waals surface area contributed by atoms with Crippen LogP contribution in [-0.4, -0.2) is 27.4 Å². The molecule has 1 aliphatic carbocycles. The van der Waals surface area contributed by atoms with E-state index in [0.29, 0.717) is 12.0 Å². The molecule has 4 nitrogen and oxygen atoms in total. The summed E-state index contributed by atoms with van der Waals surface area (Å²) in [5, 5.41) is 7.86. The minimum atomic E-state index is 0.650. The van der Waals surface area contributed by atoms with Gasteiger partial charge in [0.15, 0.2) is 0 Å². The summed E-state index contributed by atoms with van der Waals surface area (Å²) in [6, 6.07) is 0.650. The molecule has 0 spiro atoms. The molecule has 1 aliphatic rings. The first-order chi connectivity index (χ1) is 9.11. The van der Waals surface area contributed by atoms with Crippen molar-refractivity contribution < 1.29 is 0 Å². The van der Waals surface area contributed by atoms with Crippen LogP contribution in [0.4, 0.5) is 0 Å². The van der Waals surface area contributed by atoms with Crippen molar-refractivity contribution in [3.05, 3.63) is 12.2 Å². The van der Waals surface area contributed by atoms with Gasteiger partial charge in [-0.15, -0.1) is 0 Å². The number of nitrogens with one attached hydrogen (secondary N) is 1. The number of aryl methyl sites for hydroxylation is 1. The van der Waals surface area contributed by atoms with Crippen LogP contribution >= 0.6 is 0 Å². The van der Waals surface area contributed by atoms with E-state index in [9.17, 15) is 0 Å². The molecule has 3 atom stereocenters. The SMILES string of the molecule is CCNC1CCC(C(C)C)CC1Cc1ncnn1C. The number of rotatable bonds is 5. The van der Waals surface area contributed by atoms with Gasteiger partial charge < -0.3 is 5.32 Å². The smallest absolute Gasteiger partial charge is 0.138 e. The maximum absolute atomic E-state index is 4.40. The summed E-state index contributed by atoms with van der Waals surface area (Å²) < 4.78 is 1.92. The highest BCUT2D eigenvalue weighted by atomic mass is 15.3. The van der Waals surface area contributed by atoms with Gasteiger partial charge in [0.05, 0.1) is 0 Å². The molecule has 0 radical (unpaired) electrons. The summed E-state index contributed by atoms with van der Waals surface area (Å²) in [5.74, 6) is 3.49. The van der Waals surface area contributed by atoms with Gasteiger partial charge in [0.1, 0.15) is 12.2 Å². The molecule has 19 heavy (non-hydrogen) atoms. The van der Waals surface area contributed by atoms with E-state index in [1.54, 1.807) is 6.33 Å². The quantitative estimate of drug-likeness (QED) is 0.888. The molecule has 1 aromatic heterocycles. The third-order valence-corrected chi connectivity index (χ3v) is 4.68. The maximum Gasteiger partial charge on any atom is 0.138 e. The number of hydrogen-bond donors (Lipinski definition) is 1. The monoisotopic (exact) mass is 264 g/mol. The fourth-order valence-corrected chi connectivity index (χ4v) is 3.40. The van der Waals surface area contributed by atoms with Crippen LogP contribution in [0.5, 0.6) is 0 Å². The highest BCUT2D eigenvalue weighted by molar-refractivity contribution is 4.94. The summed E-state index contributed by atoms with van der Waals surface area (Å²) in [6.45, 7) is 7.98. The van der Waals surface area contributed by atoms with Crippen LogP contribution in [0.25, 0.3) is 0 Å². The molecule has 0 aromatic carbocycles. The van der Waals surface area contributed by atoms with E-state index in [0.717, 1.165) is 30.6 Å². The van der Waals surface area contributed by atoms with Crippen LogP contribution < -0.4 is 5.32 Å². The Bertz CT molecular complexity index is 385. The molecular formula is C15H28N4. The predicted molar refractivity (Wildman–Crippen MR) is 77.8 cm³/mol. The molecule has 0 bridgehead atoms. The second kappa shape index (κ2) is 6.51. The molecule has 0 amide bonds. The molecule has 0 saturated heterocycles. The molecule has 108 valence electrons. The van der Waals surface area contributed by atoms with Crippen molar-refractivity contribution >= 4 is 0 Å². The van der Waals surface area contributed by atoms with Gasteiger partial charge in [-0.3, -0.25) is 4.68 Å². The van der Waals surface area contributed by atoms with Crippen molar-refractivity contribution in [3.63, 3.8) is 0 Å². The van der Waals surface area contributed by atoms with Crippen LogP contribution in [0.15, 0.2) is 6.33 Å².